The summed E-state index contributed by atoms with van der Waals surface area (Å²) >= 11 is 0. The van der Waals surface area contributed by atoms with Gasteiger partial charge in [-0.25, -0.2) is 0 Å². The third kappa shape index (κ3) is 18.3. The van der Waals surface area contributed by atoms with Gasteiger partial charge in [-0.2, -0.15) is 91.3 Å². The smallest absolute Gasteiger partial charge is 0.425 e. The highest BCUT2D eigenvalue weighted by molar-refractivity contribution is 5.98. The molecule has 5 atom stereocenters. The molecule has 0 saturated heterocycles. The number of carbonyl (C=O) groups is 3. The van der Waals surface area contributed by atoms with Gasteiger partial charge in [0.05, 0.1) is 63.9 Å². The van der Waals surface area contributed by atoms with Crippen molar-refractivity contribution in [3.63, 3.8) is 0 Å². The molecule has 36 heteroatoms. The highest BCUT2D eigenvalue weighted by Crippen LogP contribution is 2.64. The molecular formula is C108H95F15N10O11. The molecule has 5 heterocycles. The molecule has 10 aromatic carbocycles. The Kier molecular flexibility index (Phi) is 27.6. The van der Waals surface area contributed by atoms with Crippen molar-refractivity contribution in [1.82, 2.24) is 48.9 Å². The molecule has 0 radical (unpaired) electrons. The lowest BCUT2D eigenvalue weighted by Gasteiger charge is -2.28. The fraction of sp³-hybridized carbons (Fsp3) is 0.278. The van der Waals surface area contributed by atoms with Gasteiger partial charge in [-0.15, -0.1) is 0 Å². The molecule has 144 heavy (non-hydrogen) atoms. The fourth-order valence-corrected chi connectivity index (χ4v) is 19.7. The van der Waals surface area contributed by atoms with Gasteiger partial charge in [0.1, 0.15) is 23.1 Å². The van der Waals surface area contributed by atoms with Gasteiger partial charge in [-0.05, 0) is 157 Å². The average molecular weight is 1990 g/mol. The maximum absolute atomic E-state index is 14.2. The molecule has 0 amide bonds. The molecule has 5 aromatic heterocycles. The van der Waals surface area contributed by atoms with Crippen molar-refractivity contribution < 1.29 is 121 Å². The minimum absolute atomic E-state index is 0.00972. The number of hydrogen-bond donors (Lipinski definition) is 7. The maximum atomic E-state index is 14.2. The summed E-state index contributed by atoms with van der Waals surface area (Å²) < 4.78 is 225. The molecule has 0 fully saturated rings. The molecule has 5 aliphatic rings. The molecule has 748 valence electrons. The highest BCUT2D eigenvalue weighted by atomic mass is 19.4. The van der Waals surface area contributed by atoms with Gasteiger partial charge < -0.3 is 50.1 Å². The Morgan fingerprint density at radius 3 is 0.806 bits per heavy atom. The van der Waals surface area contributed by atoms with Crippen molar-refractivity contribution in [2.24, 2.45) is 7.05 Å². The van der Waals surface area contributed by atoms with Gasteiger partial charge in [0.25, 0.3) is 0 Å². The number of hydrogen-bond acceptors (Lipinski definition) is 16. The minimum atomic E-state index is -4.94. The van der Waals surface area contributed by atoms with Gasteiger partial charge >= 0.3 is 30.9 Å². The number of aryl methyl sites for hydroxylation is 7. The summed E-state index contributed by atoms with van der Waals surface area (Å²) in [7, 11) is 1.71. The van der Waals surface area contributed by atoms with Crippen molar-refractivity contribution >= 4 is 17.3 Å². The molecule has 15 aromatic rings. The Morgan fingerprint density at radius 2 is 0.542 bits per heavy atom. The largest absolute Gasteiger partial charge is 0.494 e. The number of carbonyl (C=O) groups excluding carboxylic acids is 3. The lowest BCUT2D eigenvalue weighted by atomic mass is 9.88. The Morgan fingerprint density at radius 1 is 0.299 bits per heavy atom. The normalized spacial score (nSPS) is 17.9. The van der Waals surface area contributed by atoms with Crippen LogP contribution < -0.4 is 4.74 Å². The van der Waals surface area contributed by atoms with E-state index in [1.54, 1.807) is 196 Å². The van der Waals surface area contributed by atoms with Gasteiger partial charge in [0.15, 0.2) is 0 Å². The number of aromatic nitrogens is 10. The van der Waals surface area contributed by atoms with Crippen LogP contribution in [0.2, 0.25) is 0 Å². The standard InChI is InChI=1S/C23H21F3N2O3.C23H21F3N2O2.C22H19F3N2O2.2C20H17F3N2O2/c1-14(29)6-5-9-31-16-10-18(15-12-27-28(2)13-15)21-17-7-3-4-8-19(17)22(30,20(21)11-16)23(24,25)26;1-14-10-18(16-12-27-28(13-16)9-5-6-15(2)29)21-17-7-3-4-8-19(17)22(30,20(21)11-14)23(24,25)26;1-13-9-17(15-11-26-27(12-15)8-7-14(2)28)20-16-5-3-4-6-18(16)21(29,19(20)10-13)22(23,24)25;2*1-12-8-15(13-10-24-25(11-13)6-7-26)18-14-4-2-3-5-16(14)19(27,17(18)9-12)20(21,22)23/h3-4,7-8,10-13,30H,5-6,9H2,1-2H3;3-4,7-8,10-13,30H,5-6,9H2,1-2H3;3-6,9-12,29H,7-8H2,1-2H3;2*2-5,8-11,26-27H,6-7H2,1H3. The molecule has 0 spiro atoms. The minimum Gasteiger partial charge on any atom is -0.494 e. The topological polar surface area (TPSA) is 291 Å². The first-order valence-electron chi connectivity index (χ1n) is 45.6. The number of aliphatic hydroxyl groups excluding tert-OH is 2. The van der Waals surface area contributed by atoms with E-state index < -0.39 is 58.9 Å². The van der Waals surface area contributed by atoms with Gasteiger partial charge in [0.2, 0.25) is 28.0 Å². The van der Waals surface area contributed by atoms with E-state index in [-0.39, 0.29) is 112 Å². The zero-order valence-corrected chi connectivity index (χ0v) is 78.5. The second-order valence-corrected chi connectivity index (χ2v) is 36.3. The van der Waals surface area contributed by atoms with Crippen LogP contribution >= 0.6 is 0 Å². The third-order valence-corrected chi connectivity index (χ3v) is 26.2. The van der Waals surface area contributed by atoms with Crippen LogP contribution in [-0.4, -0.2) is 153 Å². The third-order valence-electron chi connectivity index (χ3n) is 26.2. The molecule has 5 unspecified atom stereocenters. The number of aliphatic hydroxyl groups is 7. The molecule has 7 N–H and O–H groups in total. The Labute approximate surface area is 814 Å². The van der Waals surface area contributed by atoms with Crippen LogP contribution in [0.4, 0.5) is 65.9 Å². The number of ketones is 3. The molecule has 20 rings (SSSR count). The molecular weight excluding hydrogens is 1900 g/mol. The van der Waals surface area contributed by atoms with Crippen LogP contribution in [0.15, 0.2) is 244 Å². The number of ether oxygens (including phenoxy) is 1. The van der Waals surface area contributed by atoms with E-state index in [9.17, 15) is 106 Å². The first-order valence-corrected chi connectivity index (χ1v) is 45.6. The van der Waals surface area contributed by atoms with Gasteiger partial charge in [-0.3, -0.25) is 28.2 Å². The predicted molar refractivity (Wildman–Crippen MR) is 505 cm³/mol. The number of Topliss-reactive ketones (excluding diaryl/α,β-unsaturated/α-hetero) is 3. The number of halogens is 15. The first-order chi connectivity index (χ1) is 67.9. The molecule has 0 aliphatic heterocycles. The van der Waals surface area contributed by atoms with E-state index in [1.165, 1.54) is 121 Å². The molecule has 5 aliphatic carbocycles. The Hall–Kier alpha value is -14.3. The van der Waals surface area contributed by atoms with Crippen LogP contribution in [-0.2, 0) is 75.6 Å². The number of alkyl halides is 15. The zero-order valence-electron chi connectivity index (χ0n) is 78.5. The van der Waals surface area contributed by atoms with E-state index in [0.717, 1.165) is 0 Å². The van der Waals surface area contributed by atoms with Crippen LogP contribution in [0, 0.1) is 27.7 Å². The second kappa shape index (κ2) is 38.8. The van der Waals surface area contributed by atoms with Crippen molar-refractivity contribution in [1.29, 1.82) is 0 Å². The lowest BCUT2D eigenvalue weighted by molar-refractivity contribution is -0.247. The van der Waals surface area contributed by atoms with E-state index >= 15 is 0 Å². The number of nitrogens with zero attached hydrogens (tertiary/aromatic N) is 10. The summed E-state index contributed by atoms with van der Waals surface area (Å²) in [5.41, 5.74) is -5.29. The Bertz CT molecular complexity index is 7310. The SMILES string of the molecule is CC(=O)CCCOc1cc(-c2cnn(C)c2)c2c(c1)C(O)(C(F)(F)F)c1ccccc1-2.CC(=O)CCCn1cc(-c2cc(C)cc3c2-c2ccccc2C3(O)C(F)(F)F)cn1.CC(=O)CCn1cc(-c2cc(C)cc3c2-c2ccccc2C3(O)C(F)(F)F)cn1.Cc1cc(-c2cnn(CCO)c2)c2c(c1)C(O)(C(F)(F)F)c1ccccc1-2.Cc1cc(-c2cnn(CCO)c2)c2c(c1)C(O)(C(F)(F)F)c1ccccc1-2. The van der Waals surface area contributed by atoms with Gasteiger partial charge in [-0.1, -0.05) is 192 Å². The molecule has 0 bridgehead atoms. The predicted octanol–water partition coefficient (Wildman–Crippen LogP) is 21.5. The van der Waals surface area contributed by atoms with Crippen molar-refractivity contribution in [3.8, 4) is 117 Å². The van der Waals surface area contributed by atoms with Crippen LogP contribution in [0.1, 0.15) is 131 Å². The van der Waals surface area contributed by atoms with E-state index in [4.69, 9.17) is 14.9 Å². The summed E-state index contributed by atoms with van der Waals surface area (Å²) in [6.07, 6.45) is -5.84. The van der Waals surface area contributed by atoms with Gasteiger partial charge in [0, 0.05) is 154 Å². The van der Waals surface area contributed by atoms with E-state index in [1.807, 2.05) is 6.07 Å². The van der Waals surface area contributed by atoms with Crippen LogP contribution in [0.25, 0.3) is 111 Å². The number of fused-ring (bicyclic) bond motifs is 15. The summed E-state index contributed by atoms with van der Waals surface area (Å²) in [4.78, 5) is 33.5. The Balaban J connectivity index is 0.000000129. The second-order valence-electron chi connectivity index (χ2n) is 36.3. The molecule has 0 saturated carbocycles. The van der Waals surface area contributed by atoms with Crippen molar-refractivity contribution in [2.45, 2.75) is 166 Å². The highest BCUT2D eigenvalue weighted by Gasteiger charge is 2.66. The zero-order chi connectivity index (χ0) is 104. The fourth-order valence-electron chi connectivity index (χ4n) is 19.7. The van der Waals surface area contributed by atoms with Crippen molar-refractivity contribution in [2.75, 3.05) is 19.8 Å². The summed E-state index contributed by atoms with van der Waals surface area (Å²) in [5.74, 6) is 0.330. The molecule has 21 nitrogen and oxygen atoms in total. The van der Waals surface area contributed by atoms with Crippen LogP contribution in [0.5, 0.6) is 5.75 Å². The van der Waals surface area contributed by atoms with Crippen molar-refractivity contribution in [3.05, 3.63) is 322 Å². The number of rotatable bonds is 21. The monoisotopic (exact) mass is 1990 g/mol. The summed E-state index contributed by atoms with van der Waals surface area (Å²) in [6.45, 7) is 12.8. The quantitative estimate of drug-likeness (QED) is 0.0260. The average Bonchev–Trinajstić information content (AvgIpc) is 1.56. The van der Waals surface area contributed by atoms with E-state index in [0.29, 0.717) is 179 Å². The summed E-state index contributed by atoms with van der Waals surface area (Å²) in [5, 5.41) is 93.6. The van der Waals surface area contributed by atoms with Crippen LogP contribution in [0.3, 0.4) is 0 Å². The number of benzene rings is 10. The lowest BCUT2D eigenvalue weighted by Crippen LogP contribution is -2.41. The van der Waals surface area contributed by atoms with E-state index in [2.05, 4.69) is 25.5 Å². The first kappa shape index (κ1) is 103. The maximum Gasteiger partial charge on any atom is 0.425 e. The summed E-state index contributed by atoms with van der Waals surface area (Å²) in [6, 6.07) is 45.9.